The molecule has 0 spiro atoms. The van der Waals surface area contributed by atoms with Crippen molar-refractivity contribution in [2.24, 2.45) is 0 Å². The molecule has 2 rings (SSSR count). The molecule has 0 unspecified atom stereocenters. The number of anilines is 1. The zero-order valence-electron chi connectivity index (χ0n) is 14.3. The Morgan fingerprint density at radius 2 is 1.81 bits per heavy atom. The summed E-state index contributed by atoms with van der Waals surface area (Å²) in [6.07, 6.45) is 0.743. The SMILES string of the molecule is CC(=O)N(CCC(=O)NCCc1ccc(F)cc1)c1ccc(Cl)cc1Cl. The van der Waals surface area contributed by atoms with Crippen molar-refractivity contribution >= 4 is 40.7 Å². The second kappa shape index (κ2) is 9.55. The molecule has 0 bridgehead atoms. The first-order chi connectivity index (χ1) is 12.4. The van der Waals surface area contributed by atoms with Gasteiger partial charge in [0.1, 0.15) is 5.82 Å². The zero-order valence-corrected chi connectivity index (χ0v) is 15.8. The Bertz CT molecular complexity index is 782. The third-order valence-electron chi connectivity index (χ3n) is 3.79. The molecular weight excluding hydrogens is 378 g/mol. The van der Waals surface area contributed by atoms with Gasteiger partial charge < -0.3 is 10.2 Å². The van der Waals surface area contributed by atoms with Crippen LogP contribution in [0.4, 0.5) is 10.1 Å². The maximum Gasteiger partial charge on any atom is 0.223 e. The predicted molar refractivity (Wildman–Crippen MR) is 102 cm³/mol. The van der Waals surface area contributed by atoms with E-state index in [-0.39, 0.29) is 30.6 Å². The van der Waals surface area contributed by atoms with Crippen molar-refractivity contribution < 1.29 is 14.0 Å². The molecule has 2 aromatic carbocycles. The number of benzene rings is 2. The Morgan fingerprint density at radius 1 is 1.12 bits per heavy atom. The number of halogens is 3. The van der Waals surface area contributed by atoms with Gasteiger partial charge in [-0.25, -0.2) is 4.39 Å². The summed E-state index contributed by atoms with van der Waals surface area (Å²) in [5.74, 6) is -0.681. The Hall–Kier alpha value is -2.11. The van der Waals surface area contributed by atoms with Crippen LogP contribution in [-0.4, -0.2) is 24.9 Å². The molecule has 0 aliphatic heterocycles. The van der Waals surface area contributed by atoms with Crippen LogP contribution in [-0.2, 0) is 16.0 Å². The Balaban J connectivity index is 1.85. The molecule has 138 valence electrons. The van der Waals surface area contributed by atoms with Gasteiger partial charge in [0.15, 0.2) is 0 Å². The van der Waals surface area contributed by atoms with Crippen LogP contribution in [0.3, 0.4) is 0 Å². The third kappa shape index (κ3) is 6.00. The lowest BCUT2D eigenvalue weighted by Crippen LogP contribution is -2.34. The molecule has 7 heteroatoms. The van der Waals surface area contributed by atoms with Crippen molar-refractivity contribution in [2.45, 2.75) is 19.8 Å². The second-order valence-corrected chi connectivity index (χ2v) is 6.59. The number of nitrogens with zero attached hydrogens (tertiary/aromatic N) is 1. The van der Waals surface area contributed by atoms with Gasteiger partial charge in [-0.3, -0.25) is 9.59 Å². The molecule has 0 radical (unpaired) electrons. The van der Waals surface area contributed by atoms with E-state index in [4.69, 9.17) is 23.2 Å². The number of nitrogens with one attached hydrogen (secondary N) is 1. The van der Waals surface area contributed by atoms with Crippen LogP contribution in [0.5, 0.6) is 0 Å². The molecule has 0 saturated carbocycles. The van der Waals surface area contributed by atoms with Crippen molar-refractivity contribution in [3.8, 4) is 0 Å². The molecule has 1 N–H and O–H groups in total. The number of rotatable bonds is 7. The minimum Gasteiger partial charge on any atom is -0.356 e. The minimum atomic E-state index is -0.289. The number of carbonyl (C=O) groups excluding carboxylic acids is 2. The van der Waals surface area contributed by atoms with Crippen LogP contribution < -0.4 is 10.2 Å². The average Bonchev–Trinajstić information content (AvgIpc) is 2.58. The Kier molecular flexibility index (Phi) is 7.42. The molecule has 2 amide bonds. The topological polar surface area (TPSA) is 49.4 Å². The monoisotopic (exact) mass is 396 g/mol. The molecular formula is C19H19Cl2FN2O2. The molecule has 0 aromatic heterocycles. The summed E-state index contributed by atoms with van der Waals surface area (Å²) in [5, 5.41) is 3.61. The normalized spacial score (nSPS) is 10.5. The highest BCUT2D eigenvalue weighted by molar-refractivity contribution is 6.36. The largest absolute Gasteiger partial charge is 0.356 e. The van der Waals surface area contributed by atoms with E-state index in [2.05, 4.69) is 5.32 Å². The summed E-state index contributed by atoms with van der Waals surface area (Å²) in [6.45, 7) is 2.06. The summed E-state index contributed by atoms with van der Waals surface area (Å²) in [4.78, 5) is 25.4. The van der Waals surface area contributed by atoms with Crippen LogP contribution in [0.1, 0.15) is 18.9 Å². The van der Waals surface area contributed by atoms with Gasteiger partial charge in [-0.1, -0.05) is 35.3 Å². The molecule has 0 heterocycles. The second-order valence-electron chi connectivity index (χ2n) is 5.74. The fourth-order valence-electron chi connectivity index (χ4n) is 2.45. The van der Waals surface area contributed by atoms with Crippen molar-refractivity contribution in [1.29, 1.82) is 0 Å². The predicted octanol–water partition coefficient (Wildman–Crippen LogP) is 4.23. The van der Waals surface area contributed by atoms with Crippen LogP contribution in [0.15, 0.2) is 42.5 Å². The van der Waals surface area contributed by atoms with Crippen molar-refractivity contribution in [3.05, 3.63) is 63.9 Å². The van der Waals surface area contributed by atoms with Crippen LogP contribution in [0.25, 0.3) is 0 Å². The molecule has 4 nitrogen and oxygen atoms in total. The summed E-state index contributed by atoms with van der Waals surface area (Å²) < 4.78 is 12.9. The van der Waals surface area contributed by atoms with E-state index < -0.39 is 0 Å². The Morgan fingerprint density at radius 3 is 2.42 bits per heavy atom. The summed E-state index contributed by atoms with van der Waals surface area (Å²) >= 11 is 12.0. The lowest BCUT2D eigenvalue weighted by atomic mass is 10.1. The van der Waals surface area contributed by atoms with E-state index in [1.165, 1.54) is 24.0 Å². The van der Waals surface area contributed by atoms with Crippen LogP contribution >= 0.6 is 23.2 Å². The van der Waals surface area contributed by atoms with Gasteiger partial charge in [-0.2, -0.15) is 0 Å². The average molecular weight is 397 g/mol. The maximum absolute atomic E-state index is 12.9. The van der Waals surface area contributed by atoms with E-state index in [9.17, 15) is 14.0 Å². The summed E-state index contributed by atoms with van der Waals surface area (Å²) in [5.41, 5.74) is 1.45. The van der Waals surface area contributed by atoms with Gasteiger partial charge in [0, 0.05) is 31.5 Å². The minimum absolute atomic E-state index is 0.141. The molecule has 0 atom stereocenters. The van der Waals surface area contributed by atoms with Gasteiger partial charge >= 0.3 is 0 Å². The van der Waals surface area contributed by atoms with Crippen molar-refractivity contribution in [1.82, 2.24) is 5.32 Å². The molecule has 0 saturated heterocycles. The fourth-order valence-corrected chi connectivity index (χ4v) is 2.96. The molecule has 0 fully saturated rings. The lowest BCUT2D eigenvalue weighted by molar-refractivity contribution is -0.121. The third-order valence-corrected chi connectivity index (χ3v) is 4.33. The van der Waals surface area contributed by atoms with Gasteiger partial charge in [0.2, 0.25) is 11.8 Å². The molecule has 2 aromatic rings. The van der Waals surface area contributed by atoms with Gasteiger partial charge in [0.25, 0.3) is 0 Å². The summed E-state index contributed by atoms with van der Waals surface area (Å²) in [7, 11) is 0. The highest BCUT2D eigenvalue weighted by Crippen LogP contribution is 2.29. The van der Waals surface area contributed by atoms with E-state index in [1.807, 2.05) is 0 Å². The van der Waals surface area contributed by atoms with E-state index in [1.54, 1.807) is 30.3 Å². The molecule has 26 heavy (non-hydrogen) atoms. The van der Waals surface area contributed by atoms with Gasteiger partial charge in [0.05, 0.1) is 10.7 Å². The van der Waals surface area contributed by atoms with E-state index in [0.29, 0.717) is 28.7 Å². The first kappa shape index (κ1) is 20.2. The zero-order chi connectivity index (χ0) is 19.1. The fraction of sp³-hybridized carbons (Fsp3) is 0.263. The van der Waals surface area contributed by atoms with Crippen molar-refractivity contribution in [3.63, 3.8) is 0 Å². The summed E-state index contributed by atoms with van der Waals surface area (Å²) in [6, 6.07) is 11.0. The van der Waals surface area contributed by atoms with E-state index >= 15 is 0 Å². The number of hydrogen-bond acceptors (Lipinski definition) is 2. The number of hydrogen-bond donors (Lipinski definition) is 1. The lowest BCUT2D eigenvalue weighted by Gasteiger charge is -2.22. The van der Waals surface area contributed by atoms with Gasteiger partial charge in [-0.15, -0.1) is 0 Å². The van der Waals surface area contributed by atoms with Crippen LogP contribution in [0.2, 0.25) is 10.0 Å². The van der Waals surface area contributed by atoms with Crippen LogP contribution in [0, 0.1) is 5.82 Å². The van der Waals surface area contributed by atoms with Gasteiger partial charge in [-0.05, 0) is 42.3 Å². The van der Waals surface area contributed by atoms with E-state index in [0.717, 1.165) is 5.56 Å². The Labute approximate surface area is 161 Å². The molecule has 0 aliphatic carbocycles. The standard InChI is InChI=1S/C19H19Cl2FN2O2/c1-13(25)24(18-7-4-15(20)12-17(18)21)11-9-19(26)23-10-8-14-2-5-16(22)6-3-14/h2-7,12H,8-11H2,1H3,(H,23,26). The van der Waals surface area contributed by atoms with Crippen molar-refractivity contribution in [2.75, 3.05) is 18.0 Å². The maximum atomic E-state index is 12.9. The smallest absolute Gasteiger partial charge is 0.223 e. The quantitative estimate of drug-likeness (QED) is 0.760. The highest BCUT2D eigenvalue weighted by Gasteiger charge is 2.16. The molecule has 0 aliphatic rings. The first-order valence-electron chi connectivity index (χ1n) is 8.11. The first-order valence-corrected chi connectivity index (χ1v) is 8.86. The number of amides is 2. The highest BCUT2D eigenvalue weighted by atomic mass is 35.5. The number of carbonyl (C=O) groups is 2.